The third-order valence-electron chi connectivity index (χ3n) is 3.12. The van der Waals surface area contributed by atoms with E-state index in [1.807, 2.05) is 24.3 Å². The summed E-state index contributed by atoms with van der Waals surface area (Å²) in [5, 5.41) is 0. The molecule has 0 atom stereocenters. The fourth-order valence-corrected chi connectivity index (χ4v) is 1.95. The van der Waals surface area contributed by atoms with E-state index in [1.54, 1.807) is 23.3 Å². The predicted molar refractivity (Wildman–Crippen MR) is 79.5 cm³/mol. The Kier molecular flexibility index (Phi) is 3.51. The number of anilines is 1. The van der Waals surface area contributed by atoms with Crippen LogP contribution in [0.2, 0.25) is 0 Å². The third-order valence-corrected chi connectivity index (χ3v) is 3.12. The number of hydrogen-bond acceptors (Lipinski definition) is 5. The monoisotopic (exact) mass is 281 g/mol. The van der Waals surface area contributed by atoms with Crippen LogP contribution in [-0.4, -0.2) is 19.5 Å². The molecule has 0 aliphatic rings. The molecule has 2 N–H and O–H groups in total. The zero-order valence-corrected chi connectivity index (χ0v) is 11.6. The Morgan fingerprint density at radius 2 is 2.00 bits per heavy atom. The van der Waals surface area contributed by atoms with Crippen molar-refractivity contribution in [3.8, 4) is 17.4 Å². The summed E-state index contributed by atoms with van der Waals surface area (Å²) in [4.78, 5) is 12.2. The Hall–Kier alpha value is -2.89. The number of aromatic nitrogens is 4. The van der Waals surface area contributed by atoms with Gasteiger partial charge in [-0.2, -0.15) is 4.98 Å². The lowest BCUT2D eigenvalue weighted by Gasteiger charge is -2.10. The van der Waals surface area contributed by atoms with Gasteiger partial charge in [0.05, 0.1) is 0 Å². The number of hydrogen-bond donors (Lipinski definition) is 1. The van der Waals surface area contributed by atoms with Gasteiger partial charge in [0, 0.05) is 12.4 Å². The van der Waals surface area contributed by atoms with Crippen molar-refractivity contribution in [1.82, 2.24) is 19.5 Å². The van der Waals surface area contributed by atoms with Gasteiger partial charge < -0.3 is 10.5 Å². The standard InChI is InChI=1S/C15H15N5O/c1-2-11-3-5-12(6-4-11)21-15-13(16)14(18-9-19-15)20-8-7-17-10-20/h3-10H,2,16H2,1H3. The van der Waals surface area contributed by atoms with Crippen LogP contribution in [0, 0.1) is 0 Å². The summed E-state index contributed by atoms with van der Waals surface area (Å²) in [6.07, 6.45) is 7.45. The molecule has 0 aliphatic carbocycles. The molecule has 3 aromatic rings. The number of aryl methyl sites for hydroxylation is 1. The van der Waals surface area contributed by atoms with Gasteiger partial charge >= 0.3 is 0 Å². The number of ether oxygens (including phenoxy) is 1. The Morgan fingerprint density at radius 1 is 1.19 bits per heavy atom. The fourth-order valence-electron chi connectivity index (χ4n) is 1.95. The van der Waals surface area contributed by atoms with Crippen molar-refractivity contribution < 1.29 is 4.74 Å². The first-order valence-electron chi connectivity index (χ1n) is 6.63. The Labute approximate surface area is 122 Å². The minimum atomic E-state index is 0.331. The summed E-state index contributed by atoms with van der Waals surface area (Å²) in [6.45, 7) is 2.11. The lowest BCUT2D eigenvalue weighted by molar-refractivity contribution is 0.463. The number of rotatable bonds is 4. The van der Waals surface area contributed by atoms with E-state index >= 15 is 0 Å². The Bertz CT molecular complexity index is 722. The SMILES string of the molecule is CCc1ccc(Oc2ncnc(-n3ccnc3)c2N)cc1. The maximum atomic E-state index is 6.08. The molecular weight excluding hydrogens is 266 g/mol. The average Bonchev–Trinajstić information content (AvgIpc) is 3.04. The zero-order valence-electron chi connectivity index (χ0n) is 11.6. The van der Waals surface area contributed by atoms with E-state index in [0.29, 0.717) is 23.1 Å². The predicted octanol–water partition coefficient (Wildman–Crippen LogP) is 2.60. The van der Waals surface area contributed by atoms with E-state index in [4.69, 9.17) is 10.5 Å². The number of nitrogens with zero attached hydrogens (tertiary/aromatic N) is 4. The quantitative estimate of drug-likeness (QED) is 0.795. The maximum absolute atomic E-state index is 6.08. The van der Waals surface area contributed by atoms with Crippen molar-refractivity contribution in [3.63, 3.8) is 0 Å². The molecule has 21 heavy (non-hydrogen) atoms. The molecule has 0 amide bonds. The van der Waals surface area contributed by atoms with Crippen LogP contribution in [0.4, 0.5) is 5.69 Å². The largest absolute Gasteiger partial charge is 0.437 e. The second kappa shape index (κ2) is 5.62. The first kappa shape index (κ1) is 13.1. The van der Waals surface area contributed by atoms with Crippen LogP contribution in [0.3, 0.4) is 0 Å². The van der Waals surface area contributed by atoms with Gasteiger partial charge in [0.1, 0.15) is 24.1 Å². The van der Waals surface area contributed by atoms with E-state index in [-0.39, 0.29) is 0 Å². The molecule has 1 aromatic carbocycles. The summed E-state index contributed by atoms with van der Waals surface area (Å²) >= 11 is 0. The average molecular weight is 281 g/mol. The van der Waals surface area contributed by atoms with Crippen LogP contribution < -0.4 is 10.5 Å². The summed E-state index contributed by atoms with van der Waals surface area (Å²) in [7, 11) is 0. The van der Waals surface area contributed by atoms with Gasteiger partial charge in [-0.1, -0.05) is 19.1 Å². The second-order valence-electron chi connectivity index (χ2n) is 4.49. The molecule has 106 valence electrons. The molecule has 0 unspecified atom stereocenters. The fraction of sp³-hybridized carbons (Fsp3) is 0.133. The molecular formula is C15H15N5O. The van der Waals surface area contributed by atoms with Gasteiger partial charge in [-0.3, -0.25) is 4.57 Å². The summed E-state index contributed by atoms with van der Waals surface area (Å²) in [5.74, 6) is 1.56. The molecule has 2 heterocycles. The third kappa shape index (κ3) is 2.69. The molecule has 3 rings (SSSR count). The minimum Gasteiger partial charge on any atom is -0.437 e. The van der Waals surface area contributed by atoms with Crippen molar-refractivity contribution in [3.05, 3.63) is 54.9 Å². The van der Waals surface area contributed by atoms with Crippen molar-refractivity contribution in [1.29, 1.82) is 0 Å². The zero-order chi connectivity index (χ0) is 14.7. The number of nitrogen functional groups attached to an aromatic ring is 1. The van der Waals surface area contributed by atoms with Crippen LogP contribution in [0.15, 0.2) is 49.3 Å². The second-order valence-corrected chi connectivity index (χ2v) is 4.49. The van der Waals surface area contributed by atoms with Crippen molar-refractivity contribution >= 4 is 5.69 Å². The first-order chi connectivity index (χ1) is 10.3. The number of imidazole rings is 1. The minimum absolute atomic E-state index is 0.331. The first-order valence-corrected chi connectivity index (χ1v) is 6.63. The Balaban J connectivity index is 1.90. The molecule has 0 saturated heterocycles. The van der Waals surface area contributed by atoms with Crippen LogP contribution in [0.1, 0.15) is 12.5 Å². The van der Waals surface area contributed by atoms with E-state index in [9.17, 15) is 0 Å². The highest BCUT2D eigenvalue weighted by Crippen LogP contribution is 2.28. The highest BCUT2D eigenvalue weighted by Gasteiger charge is 2.11. The smallest absolute Gasteiger partial charge is 0.248 e. The van der Waals surface area contributed by atoms with E-state index in [2.05, 4.69) is 21.9 Å². The van der Waals surface area contributed by atoms with Crippen molar-refractivity contribution in [2.45, 2.75) is 13.3 Å². The normalized spacial score (nSPS) is 10.5. The van der Waals surface area contributed by atoms with Crippen molar-refractivity contribution in [2.24, 2.45) is 0 Å². The summed E-state index contributed by atoms with van der Waals surface area (Å²) < 4.78 is 7.45. The molecule has 0 aliphatic heterocycles. The van der Waals surface area contributed by atoms with Gasteiger partial charge in [0.15, 0.2) is 5.82 Å². The van der Waals surface area contributed by atoms with E-state index in [1.165, 1.54) is 11.9 Å². The van der Waals surface area contributed by atoms with Crippen molar-refractivity contribution in [2.75, 3.05) is 5.73 Å². The lowest BCUT2D eigenvalue weighted by atomic mass is 10.2. The highest BCUT2D eigenvalue weighted by molar-refractivity contribution is 5.60. The molecule has 6 nitrogen and oxygen atoms in total. The maximum Gasteiger partial charge on any atom is 0.248 e. The molecule has 2 aromatic heterocycles. The van der Waals surface area contributed by atoms with Gasteiger partial charge in [-0.05, 0) is 24.1 Å². The van der Waals surface area contributed by atoms with Gasteiger partial charge in [-0.15, -0.1) is 0 Å². The topological polar surface area (TPSA) is 78.9 Å². The number of benzene rings is 1. The Morgan fingerprint density at radius 3 is 2.67 bits per heavy atom. The van der Waals surface area contributed by atoms with Crippen LogP contribution in [0.5, 0.6) is 11.6 Å². The van der Waals surface area contributed by atoms with Crippen LogP contribution in [0.25, 0.3) is 5.82 Å². The molecule has 0 fully saturated rings. The number of nitrogens with two attached hydrogens (primary N) is 1. The summed E-state index contributed by atoms with van der Waals surface area (Å²) in [6, 6.07) is 7.83. The van der Waals surface area contributed by atoms with Gasteiger partial charge in [-0.25, -0.2) is 9.97 Å². The molecule has 0 saturated carbocycles. The highest BCUT2D eigenvalue weighted by atomic mass is 16.5. The lowest BCUT2D eigenvalue weighted by Crippen LogP contribution is -2.04. The van der Waals surface area contributed by atoms with E-state index in [0.717, 1.165) is 6.42 Å². The van der Waals surface area contributed by atoms with Gasteiger partial charge in [0.25, 0.3) is 0 Å². The summed E-state index contributed by atoms with van der Waals surface area (Å²) in [5.41, 5.74) is 7.70. The van der Waals surface area contributed by atoms with Gasteiger partial charge in [0.2, 0.25) is 5.88 Å². The van der Waals surface area contributed by atoms with Crippen LogP contribution in [-0.2, 0) is 6.42 Å². The molecule has 0 bridgehead atoms. The molecule has 6 heteroatoms. The molecule has 0 radical (unpaired) electrons. The molecule has 0 spiro atoms. The van der Waals surface area contributed by atoms with E-state index < -0.39 is 0 Å². The van der Waals surface area contributed by atoms with Crippen LogP contribution >= 0.6 is 0 Å².